The van der Waals surface area contributed by atoms with Crippen LogP contribution in [0.15, 0.2) is 46.2 Å². The number of carboxylic acid groups (broad SMARTS) is 1. The molecule has 0 bridgehead atoms. The highest BCUT2D eigenvalue weighted by molar-refractivity contribution is 7.99. The van der Waals surface area contributed by atoms with E-state index in [2.05, 4.69) is 17.0 Å². The summed E-state index contributed by atoms with van der Waals surface area (Å²) in [6.45, 7) is 1.68. The Morgan fingerprint density at radius 1 is 1.23 bits per heavy atom. The second-order valence-corrected chi connectivity index (χ2v) is 6.31. The number of ether oxygens (including phenoxy) is 1. The summed E-state index contributed by atoms with van der Waals surface area (Å²) in [6, 6.07) is 12.0. The molecule has 0 aromatic heterocycles. The first-order valence-electron chi connectivity index (χ1n) is 6.99. The van der Waals surface area contributed by atoms with Crippen molar-refractivity contribution in [3.8, 4) is 5.75 Å². The van der Waals surface area contributed by atoms with Gasteiger partial charge in [0.25, 0.3) is 0 Å². The van der Waals surface area contributed by atoms with Gasteiger partial charge in [-0.2, -0.15) is 0 Å². The summed E-state index contributed by atoms with van der Waals surface area (Å²) in [5.41, 5.74) is 2.72. The lowest BCUT2D eigenvalue weighted by molar-refractivity contribution is -0.138. The zero-order chi connectivity index (χ0) is 15.9. The molecule has 2 aromatic rings. The van der Waals surface area contributed by atoms with Crippen LogP contribution in [0.2, 0.25) is 0 Å². The molecule has 1 aliphatic heterocycles. The van der Waals surface area contributed by atoms with Crippen LogP contribution >= 0.6 is 11.8 Å². The van der Waals surface area contributed by atoms with E-state index in [0.717, 1.165) is 16.3 Å². The molecular weight excluding hydrogens is 298 g/mol. The highest BCUT2D eigenvalue weighted by Crippen LogP contribution is 2.52. The minimum atomic E-state index is -0.857. The Morgan fingerprint density at radius 3 is 2.64 bits per heavy atom. The number of para-hydroxylation sites is 1. The first-order valence-corrected chi connectivity index (χ1v) is 7.80. The SMILES string of the molecule is COc1c(C(C)C(=O)O)ccc2c1N(C)c1ccccc1S2. The van der Waals surface area contributed by atoms with Gasteiger partial charge in [0, 0.05) is 22.4 Å². The van der Waals surface area contributed by atoms with E-state index in [4.69, 9.17) is 4.74 Å². The van der Waals surface area contributed by atoms with Crippen LogP contribution in [0.3, 0.4) is 0 Å². The van der Waals surface area contributed by atoms with Gasteiger partial charge in [-0.25, -0.2) is 0 Å². The number of fused-ring (bicyclic) bond motifs is 2. The van der Waals surface area contributed by atoms with E-state index in [1.165, 1.54) is 4.90 Å². The Morgan fingerprint density at radius 2 is 1.95 bits per heavy atom. The van der Waals surface area contributed by atoms with Crippen LogP contribution in [-0.2, 0) is 4.79 Å². The lowest BCUT2D eigenvalue weighted by atomic mass is 9.99. The lowest BCUT2D eigenvalue weighted by Gasteiger charge is -2.32. The largest absolute Gasteiger partial charge is 0.494 e. The molecule has 0 saturated carbocycles. The quantitative estimate of drug-likeness (QED) is 0.923. The van der Waals surface area contributed by atoms with Crippen molar-refractivity contribution in [1.82, 2.24) is 0 Å². The summed E-state index contributed by atoms with van der Waals surface area (Å²) in [5, 5.41) is 9.31. The minimum Gasteiger partial charge on any atom is -0.494 e. The molecule has 5 heteroatoms. The Bertz CT molecular complexity index is 745. The highest BCUT2D eigenvalue weighted by atomic mass is 32.2. The van der Waals surface area contributed by atoms with Crippen molar-refractivity contribution in [2.24, 2.45) is 0 Å². The predicted molar refractivity (Wildman–Crippen MR) is 87.7 cm³/mol. The standard InChI is InChI=1S/C17H17NO3S/c1-10(17(19)20)11-8-9-14-15(16(11)21-3)18(2)12-6-4-5-7-13(12)22-14/h4-10H,1-3H3,(H,19,20). The van der Waals surface area contributed by atoms with Gasteiger partial charge in [-0.05, 0) is 25.1 Å². The summed E-state index contributed by atoms with van der Waals surface area (Å²) in [4.78, 5) is 15.7. The molecule has 0 fully saturated rings. The van der Waals surface area contributed by atoms with Crippen LogP contribution in [0, 0.1) is 0 Å². The van der Waals surface area contributed by atoms with Crippen LogP contribution < -0.4 is 9.64 Å². The average molecular weight is 315 g/mol. The normalized spacial score (nSPS) is 14.0. The monoisotopic (exact) mass is 315 g/mol. The molecule has 1 atom stereocenters. The van der Waals surface area contributed by atoms with Gasteiger partial charge in [0.1, 0.15) is 5.75 Å². The van der Waals surface area contributed by atoms with E-state index in [0.29, 0.717) is 11.3 Å². The van der Waals surface area contributed by atoms with Crippen LogP contribution in [0.1, 0.15) is 18.4 Å². The van der Waals surface area contributed by atoms with Gasteiger partial charge < -0.3 is 14.7 Å². The molecule has 2 aromatic carbocycles. The maximum absolute atomic E-state index is 11.3. The van der Waals surface area contributed by atoms with E-state index in [1.54, 1.807) is 25.8 Å². The predicted octanol–water partition coefficient (Wildman–Crippen LogP) is 4.12. The van der Waals surface area contributed by atoms with Crippen molar-refractivity contribution in [3.63, 3.8) is 0 Å². The number of aliphatic carboxylic acids is 1. The molecule has 0 saturated heterocycles. The van der Waals surface area contributed by atoms with Gasteiger partial charge in [-0.15, -0.1) is 0 Å². The molecule has 3 rings (SSSR count). The third-order valence-corrected chi connectivity index (χ3v) is 5.06. The lowest BCUT2D eigenvalue weighted by Crippen LogP contribution is -2.18. The van der Waals surface area contributed by atoms with E-state index >= 15 is 0 Å². The average Bonchev–Trinajstić information content (AvgIpc) is 2.53. The van der Waals surface area contributed by atoms with Crippen molar-refractivity contribution < 1.29 is 14.6 Å². The van der Waals surface area contributed by atoms with Crippen LogP contribution in [0.5, 0.6) is 5.75 Å². The molecule has 22 heavy (non-hydrogen) atoms. The molecule has 114 valence electrons. The van der Waals surface area contributed by atoms with Gasteiger partial charge in [0.05, 0.1) is 24.4 Å². The van der Waals surface area contributed by atoms with Gasteiger partial charge >= 0.3 is 5.97 Å². The number of hydrogen-bond donors (Lipinski definition) is 1. The molecule has 0 radical (unpaired) electrons. The van der Waals surface area contributed by atoms with Crippen LogP contribution in [-0.4, -0.2) is 25.2 Å². The molecule has 4 nitrogen and oxygen atoms in total. The Balaban J connectivity index is 2.18. The van der Waals surface area contributed by atoms with E-state index in [-0.39, 0.29) is 0 Å². The molecular formula is C17H17NO3S. The number of hydrogen-bond acceptors (Lipinski definition) is 4. The topological polar surface area (TPSA) is 49.8 Å². The van der Waals surface area contributed by atoms with Gasteiger partial charge in [-0.3, -0.25) is 4.79 Å². The number of carboxylic acids is 1. The molecule has 1 N–H and O–H groups in total. The summed E-state index contributed by atoms with van der Waals surface area (Å²) in [7, 11) is 3.57. The van der Waals surface area contributed by atoms with Gasteiger partial charge in [0.2, 0.25) is 0 Å². The van der Waals surface area contributed by atoms with Crippen LogP contribution in [0.4, 0.5) is 11.4 Å². The van der Waals surface area contributed by atoms with Crippen molar-refractivity contribution in [3.05, 3.63) is 42.0 Å². The first-order chi connectivity index (χ1) is 10.5. The molecule has 0 aliphatic carbocycles. The van der Waals surface area contributed by atoms with E-state index < -0.39 is 11.9 Å². The van der Waals surface area contributed by atoms with Crippen molar-refractivity contribution in [2.75, 3.05) is 19.1 Å². The van der Waals surface area contributed by atoms with E-state index in [9.17, 15) is 9.90 Å². The summed E-state index contributed by atoms with van der Waals surface area (Å²) < 4.78 is 5.58. The van der Waals surface area contributed by atoms with Crippen molar-refractivity contribution >= 4 is 29.1 Å². The zero-order valence-corrected chi connectivity index (χ0v) is 13.5. The third kappa shape index (κ3) is 2.22. The molecule has 1 unspecified atom stereocenters. The number of nitrogens with zero attached hydrogens (tertiary/aromatic N) is 1. The highest BCUT2D eigenvalue weighted by Gasteiger charge is 2.28. The Hall–Kier alpha value is -2.14. The summed E-state index contributed by atoms with van der Waals surface area (Å²) in [5.74, 6) is -0.836. The first kappa shape index (κ1) is 14.8. The van der Waals surface area contributed by atoms with Crippen molar-refractivity contribution in [2.45, 2.75) is 22.6 Å². The summed E-state index contributed by atoms with van der Waals surface area (Å²) in [6.07, 6.45) is 0. The second kappa shape index (κ2) is 5.57. The smallest absolute Gasteiger partial charge is 0.310 e. The van der Waals surface area contributed by atoms with Gasteiger partial charge in [-0.1, -0.05) is 30.0 Å². The van der Waals surface area contributed by atoms with Gasteiger partial charge in [0.15, 0.2) is 0 Å². The molecule has 0 spiro atoms. The van der Waals surface area contributed by atoms with Crippen molar-refractivity contribution in [1.29, 1.82) is 0 Å². The number of methoxy groups -OCH3 is 1. The molecule has 1 aliphatic rings. The van der Waals surface area contributed by atoms with Crippen LogP contribution in [0.25, 0.3) is 0 Å². The number of carbonyl (C=O) groups is 1. The minimum absolute atomic E-state index is 0.615. The molecule has 1 heterocycles. The number of anilines is 2. The Labute approximate surface area is 133 Å². The maximum Gasteiger partial charge on any atom is 0.310 e. The summed E-state index contributed by atoms with van der Waals surface area (Å²) >= 11 is 1.68. The fraction of sp³-hybridized carbons (Fsp3) is 0.235. The number of benzene rings is 2. The zero-order valence-electron chi connectivity index (χ0n) is 12.7. The second-order valence-electron chi connectivity index (χ2n) is 5.22. The maximum atomic E-state index is 11.3. The fourth-order valence-corrected chi connectivity index (χ4v) is 3.87. The molecule has 0 amide bonds. The Kier molecular flexibility index (Phi) is 3.74. The number of rotatable bonds is 3. The fourth-order valence-electron chi connectivity index (χ4n) is 2.72. The third-order valence-electron chi connectivity index (χ3n) is 3.95. The van der Waals surface area contributed by atoms with E-state index in [1.807, 2.05) is 31.3 Å².